The second-order valence-corrected chi connectivity index (χ2v) is 7.30. The Labute approximate surface area is 158 Å². The second kappa shape index (κ2) is 7.06. The van der Waals surface area contributed by atoms with E-state index < -0.39 is 0 Å². The Morgan fingerprint density at radius 3 is 3.04 bits per heavy atom. The third-order valence-electron chi connectivity index (χ3n) is 5.37. The number of carbonyl (C=O) groups is 2. The van der Waals surface area contributed by atoms with Crippen LogP contribution in [0.5, 0.6) is 5.75 Å². The van der Waals surface area contributed by atoms with Gasteiger partial charge in [0.25, 0.3) is 0 Å². The Morgan fingerprint density at radius 1 is 1.37 bits per heavy atom. The summed E-state index contributed by atoms with van der Waals surface area (Å²) in [4.78, 5) is 34.6. The van der Waals surface area contributed by atoms with E-state index in [9.17, 15) is 9.59 Å². The lowest BCUT2D eigenvalue weighted by Crippen LogP contribution is -2.42. The molecule has 1 aliphatic heterocycles. The quantitative estimate of drug-likeness (QED) is 0.861. The minimum atomic E-state index is -0.166. The van der Waals surface area contributed by atoms with Crippen molar-refractivity contribution in [3.8, 4) is 5.75 Å². The Hall–Kier alpha value is -2.83. The van der Waals surface area contributed by atoms with E-state index in [0.717, 1.165) is 35.7 Å². The lowest BCUT2D eigenvalue weighted by atomic mass is 9.89. The van der Waals surface area contributed by atoms with Crippen LogP contribution in [0, 0.1) is 12.8 Å². The van der Waals surface area contributed by atoms with Gasteiger partial charge in [-0.3, -0.25) is 9.59 Å². The van der Waals surface area contributed by atoms with Crippen molar-refractivity contribution in [3.05, 3.63) is 41.5 Å². The Kier molecular flexibility index (Phi) is 4.59. The summed E-state index contributed by atoms with van der Waals surface area (Å²) in [5.41, 5.74) is 2.95. The number of ether oxygens (including phenoxy) is 1. The van der Waals surface area contributed by atoms with Gasteiger partial charge in [0.1, 0.15) is 11.6 Å². The van der Waals surface area contributed by atoms with Crippen LogP contribution in [0.25, 0.3) is 0 Å². The lowest BCUT2D eigenvalue weighted by molar-refractivity contribution is -0.126. The number of H-pyrrole nitrogens is 1. The number of aromatic nitrogens is 2. The molecule has 0 bridgehead atoms. The van der Waals surface area contributed by atoms with Gasteiger partial charge in [0.15, 0.2) is 0 Å². The first-order valence-electron chi connectivity index (χ1n) is 9.32. The van der Waals surface area contributed by atoms with Gasteiger partial charge in [-0.15, -0.1) is 0 Å². The molecule has 2 aliphatic rings. The molecule has 0 spiro atoms. The molecule has 1 aromatic heterocycles. The van der Waals surface area contributed by atoms with Gasteiger partial charge in [-0.1, -0.05) is 6.07 Å². The number of nitrogens with zero attached hydrogens (tertiary/aromatic N) is 2. The smallest absolute Gasteiger partial charge is 0.229 e. The number of imidazole rings is 1. The number of fused-ring (bicyclic) bond motifs is 1. The Balaban J connectivity index is 1.39. The number of rotatable bonds is 4. The standard InChI is InChI=1S/C20H24N4O3/c1-12-21-17-7-6-13(8-18(17)22-12)20(26)23-14-9-19(25)24(11-14)15-4-3-5-16(10-15)27-2/h3-5,10,13-14H,6-9,11H2,1-2H3,(H,21,22)(H,23,26)/t13-,14-/m1/s1. The molecule has 1 aromatic carbocycles. The molecule has 142 valence electrons. The SMILES string of the molecule is COc1cccc(N2C[C@H](NC(=O)[C@@H]3CCc4nc(C)[nH]c4C3)CC2=O)c1. The van der Waals surface area contributed by atoms with E-state index in [1.807, 2.05) is 31.2 Å². The van der Waals surface area contributed by atoms with E-state index in [1.54, 1.807) is 12.0 Å². The molecular weight excluding hydrogens is 344 g/mol. The number of methoxy groups -OCH3 is 1. The van der Waals surface area contributed by atoms with Crippen LogP contribution < -0.4 is 15.0 Å². The summed E-state index contributed by atoms with van der Waals surface area (Å²) >= 11 is 0. The molecule has 7 nitrogen and oxygen atoms in total. The summed E-state index contributed by atoms with van der Waals surface area (Å²) in [5.74, 6) is 1.58. The van der Waals surface area contributed by atoms with Gasteiger partial charge in [0.05, 0.1) is 18.8 Å². The molecule has 2 heterocycles. The number of hydrogen-bond acceptors (Lipinski definition) is 4. The van der Waals surface area contributed by atoms with Gasteiger partial charge in [0.2, 0.25) is 11.8 Å². The van der Waals surface area contributed by atoms with Crippen LogP contribution in [-0.4, -0.2) is 41.5 Å². The van der Waals surface area contributed by atoms with Crippen molar-refractivity contribution in [1.29, 1.82) is 0 Å². The zero-order chi connectivity index (χ0) is 19.0. The van der Waals surface area contributed by atoms with Crippen LogP contribution in [0.3, 0.4) is 0 Å². The molecule has 0 saturated carbocycles. The fraction of sp³-hybridized carbons (Fsp3) is 0.450. The number of carbonyl (C=O) groups excluding carboxylic acids is 2. The number of anilines is 1. The highest BCUT2D eigenvalue weighted by Gasteiger charge is 2.34. The van der Waals surface area contributed by atoms with Crippen molar-refractivity contribution >= 4 is 17.5 Å². The minimum absolute atomic E-state index is 0.0173. The van der Waals surface area contributed by atoms with Crippen LogP contribution in [0.4, 0.5) is 5.69 Å². The first-order chi connectivity index (χ1) is 13.0. The maximum absolute atomic E-state index is 12.7. The van der Waals surface area contributed by atoms with Crippen molar-refractivity contribution in [2.75, 3.05) is 18.6 Å². The summed E-state index contributed by atoms with van der Waals surface area (Å²) in [6, 6.07) is 7.26. The van der Waals surface area contributed by atoms with Gasteiger partial charge in [-0.25, -0.2) is 4.98 Å². The molecule has 0 unspecified atom stereocenters. The summed E-state index contributed by atoms with van der Waals surface area (Å²) in [6.45, 7) is 2.42. The monoisotopic (exact) mass is 368 g/mol. The highest BCUT2D eigenvalue weighted by Crippen LogP contribution is 2.27. The average molecular weight is 368 g/mol. The number of aryl methyl sites for hydroxylation is 2. The fourth-order valence-electron chi connectivity index (χ4n) is 4.00. The largest absolute Gasteiger partial charge is 0.497 e. The van der Waals surface area contributed by atoms with E-state index in [0.29, 0.717) is 25.1 Å². The molecule has 2 N–H and O–H groups in total. The van der Waals surface area contributed by atoms with Gasteiger partial charge >= 0.3 is 0 Å². The summed E-state index contributed by atoms with van der Waals surface area (Å²) in [6.07, 6.45) is 2.62. The number of nitrogens with one attached hydrogen (secondary N) is 2. The summed E-state index contributed by atoms with van der Waals surface area (Å²) in [5, 5.41) is 3.08. The maximum atomic E-state index is 12.7. The molecule has 7 heteroatoms. The van der Waals surface area contributed by atoms with Crippen molar-refractivity contribution in [1.82, 2.24) is 15.3 Å². The van der Waals surface area contributed by atoms with Crippen LogP contribution >= 0.6 is 0 Å². The molecule has 1 saturated heterocycles. The average Bonchev–Trinajstić information content (AvgIpc) is 3.22. The molecule has 27 heavy (non-hydrogen) atoms. The first-order valence-corrected chi connectivity index (χ1v) is 9.32. The molecule has 0 radical (unpaired) electrons. The van der Waals surface area contributed by atoms with Crippen molar-refractivity contribution < 1.29 is 14.3 Å². The van der Waals surface area contributed by atoms with Gasteiger partial charge in [-0.2, -0.15) is 0 Å². The maximum Gasteiger partial charge on any atom is 0.229 e. The highest BCUT2D eigenvalue weighted by molar-refractivity contribution is 5.97. The molecule has 2 atom stereocenters. The molecule has 1 aliphatic carbocycles. The van der Waals surface area contributed by atoms with Gasteiger partial charge in [-0.05, 0) is 31.9 Å². The second-order valence-electron chi connectivity index (χ2n) is 7.30. The van der Waals surface area contributed by atoms with E-state index in [-0.39, 0.29) is 23.8 Å². The summed E-state index contributed by atoms with van der Waals surface area (Å²) < 4.78 is 5.24. The topological polar surface area (TPSA) is 87.3 Å². The third-order valence-corrected chi connectivity index (χ3v) is 5.37. The van der Waals surface area contributed by atoms with Gasteiger partial charge < -0.3 is 19.9 Å². The van der Waals surface area contributed by atoms with E-state index >= 15 is 0 Å². The first kappa shape index (κ1) is 17.6. The van der Waals surface area contributed by atoms with Crippen molar-refractivity contribution in [2.45, 2.75) is 38.6 Å². The number of amides is 2. The predicted octanol–water partition coefficient (Wildman–Crippen LogP) is 1.75. The molecular formula is C20H24N4O3. The van der Waals surface area contributed by atoms with Crippen LogP contribution in [0.1, 0.15) is 30.1 Å². The molecule has 2 aromatic rings. The number of aromatic amines is 1. The van der Waals surface area contributed by atoms with Crippen molar-refractivity contribution in [2.24, 2.45) is 5.92 Å². The fourth-order valence-corrected chi connectivity index (χ4v) is 4.00. The van der Waals surface area contributed by atoms with E-state index in [4.69, 9.17) is 4.74 Å². The zero-order valence-corrected chi connectivity index (χ0v) is 15.6. The normalized spacial score (nSPS) is 21.9. The molecule has 1 fully saturated rings. The van der Waals surface area contributed by atoms with E-state index in [1.165, 1.54) is 0 Å². The van der Waals surface area contributed by atoms with Crippen molar-refractivity contribution in [3.63, 3.8) is 0 Å². The molecule has 2 amide bonds. The number of hydrogen-bond donors (Lipinski definition) is 2. The van der Waals surface area contributed by atoms with E-state index in [2.05, 4.69) is 15.3 Å². The van der Waals surface area contributed by atoms with Gasteiger partial charge in [0, 0.05) is 42.8 Å². The zero-order valence-electron chi connectivity index (χ0n) is 15.6. The molecule has 4 rings (SSSR count). The van der Waals surface area contributed by atoms with Crippen LogP contribution in [-0.2, 0) is 22.4 Å². The Morgan fingerprint density at radius 2 is 2.22 bits per heavy atom. The number of benzene rings is 1. The predicted molar refractivity (Wildman–Crippen MR) is 101 cm³/mol. The Bertz CT molecular complexity index is 876. The minimum Gasteiger partial charge on any atom is -0.497 e. The highest BCUT2D eigenvalue weighted by atomic mass is 16.5. The third kappa shape index (κ3) is 3.54. The van der Waals surface area contributed by atoms with Crippen LogP contribution in [0.15, 0.2) is 24.3 Å². The summed E-state index contributed by atoms with van der Waals surface area (Å²) in [7, 11) is 1.60. The van der Waals surface area contributed by atoms with Crippen LogP contribution in [0.2, 0.25) is 0 Å². The lowest BCUT2D eigenvalue weighted by Gasteiger charge is -2.23.